The van der Waals surface area contributed by atoms with Crippen molar-refractivity contribution in [3.05, 3.63) is 59.7 Å². The summed E-state index contributed by atoms with van der Waals surface area (Å²) in [7, 11) is 1.67. The van der Waals surface area contributed by atoms with Crippen molar-refractivity contribution >= 4 is 11.6 Å². The van der Waals surface area contributed by atoms with Crippen molar-refractivity contribution in [3.63, 3.8) is 0 Å². The van der Waals surface area contributed by atoms with E-state index in [1.165, 1.54) is 5.56 Å². The maximum atomic E-state index is 12.5. The second-order valence-electron chi connectivity index (χ2n) is 6.30. The van der Waals surface area contributed by atoms with Gasteiger partial charge in [-0.3, -0.25) is 4.79 Å². The van der Waals surface area contributed by atoms with E-state index in [1.54, 1.807) is 7.11 Å². The summed E-state index contributed by atoms with van der Waals surface area (Å²) in [6, 6.07) is 15.9. The van der Waals surface area contributed by atoms with Crippen molar-refractivity contribution < 1.29 is 9.53 Å². The molecule has 2 aromatic carbocycles. The zero-order valence-electron chi connectivity index (χ0n) is 14.1. The molecule has 1 heterocycles. The molecule has 1 amide bonds. The highest BCUT2D eigenvalue weighted by Crippen LogP contribution is 2.29. The first kappa shape index (κ1) is 16.4. The van der Waals surface area contributed by atoms with Gasteiger partial charge < -0.3 is 15.4 Å². The van der Waals surface area contributed by atoms with E-state index >= 15 is 0 Å². The van der Waals surface area contributed by atoms with Gasteiger partial charge >= 0.3 is 0 Å². The Morgan fingerprint density at radius 3 is 2.67 bits per heavy atom. The minimum atomic E-state index is 0.217. The average molecular weight is 324 g/mol. The van der Waals surface area contributed by atoms with Crippen molar-refractivity contribution in [2.75, 3.05) is 25.9 Å². The van der Waals surface area contributed by atoms with E-state index in [1.807, 2.05) is 41.3 Å². The number of para-hydroxylation sites is 1. The Bertz CT molecular complexity index is 697. The number of hydrogen-bond acceptors (Lipinski definition) is 3. The molecule has 2 aromatic rings. The van der Waals surface area contributed by atoms with E-state index in [-0.39, 0.29) is 5.91 Å². The molecule has 0 bridgehead atoms. The molecule has 4 heteroatoms. The predicted molar refractivity (Wildman–Crippen MR) is 96.1 cm³/mol. The number of hydrogen-bond donors (Lipinski definition) is 1. The van der Waals surface area contributed by atoms with Crippen LogP contribution in [0.1, 0.15) is 29.9 Å². The Hall–Kier alpha value is -2.49. The molecular weight excluding hydrogens is 300 g/mol. The number of nitrogens with two attached hydrogens (primary N) is 1. The van der Waals surface area contributed by atoms with E-state index in [4.69, 9.17) is 10.5 Å². The van der Waals surface area contributed by atoms with E-state index in [0.717, 1.165) is 36.5 Å². The van der Waals surface area contributed by atoms with Gasteiger partial charge in [-0.1, -0.05) is 30.3 Å². The lowest BCUT2D eigenvalue weighted by Gasteiger charge is -2.17. The molecule has 1 fully saturated rings. The average Bonchev–Trinajstić information content (AvgIpc) is 3.11. The van der Waals surface area contributed by atoms with Gasteiger partial charge in [-0.15, -0.1) is 0 Å². The van der Waals surface area contributed by atoms with Crippen molar-refractivity contribution in [3.8, 4) is 5.75 Å². The molecule has 0 radical (unpaired) electrons. The third-order valence-corrected chi connectivity index (χ3v) is 4.79. The smallest absolute Gasteiger partial charge is 0.222 e. The van der Waals surface area contributed by atoms with Crippen LogP contribution < -0.4 is 10.5 Å². The Kier molecular flexibility index (Phi) is 5.04. The SMILES string of the molecule is COc1ccc(C2CCN(C(=O)CCc3ccccc3N)C2)cc1. The van der Waals surface area contributed by atoms with E-state index in [0.29, 0.717) is 18.8 Å². The third-order valence-electron chi connectivity index (χ3n) is 4.79. The molecule has 0 aliphatic carbocycles. The number of aryl methyl sites for hydroxylation is 1. The van der Waals surface area contributed by atoms with Crippen LogP contribution in [0.25, 0.3) is 0 Å². The number of nitrogens with zero attached hydrogens (tertiary/aromatic N) is 1. The first-order valence-electron chi connectivity index (χ1n) is 8.42. The van der Waals surface area contributed by atoms with Gasteiger partial charge in [0.15, 0.2) is 0 Å². The van der Waals surface area contributed by atoms with Crippen LogP contribution in [-0.2, 0) is 11.2 Å². The number of likely N-dealkylation sites (tertiary alicyclic amines) is 1. The number of amides is 1. The maximum absolute atomic E-state index is 12.5. The third kappa shape index (κ3) is 3.70. The van der Waals surface area contributed by atoms with Crippen molar-refractivity contribution in [2.45, 2.75) is 25.2 Å². The molecule has 0 saturated carbocycles. The van der Waals surface area contributed by atoms with Gasteiger partial charge in [-0.25, -0.2) is 0 Å². The lowest BCUT2D eigenvalue weighted by atomic mass is 9.98. The largest absolute Gasteiger partial charge is 0.497 e. The summed E-state index contributed by atoms with van der Waals surface area (Å²) in [5, 5.41) is 0. The minimum absolute atomic E-state index is 0.217. The second kappa shape index (κ2) is 7.39. The lowest BCUT2D eigenvalue weighted by Crippen LogP contribution is -2.28. The fourth-order valence-corrected chi connectivity index (χ4v) is 3.30. The number of nitrogen functional groups attached to an aromatic ring is 1. The van der Waals surface area contributed by atoms with E-state index in [2.05, 4.69) is 12.1 Å². The number of anilines is 1. The standard InChI is InChI=1S/C20H24N2O2/c1-24-18-9-6-15(7-10-18)17-12-13-22(14-17)20(23)11-8-16-4-2-3-5-19(16)21/h2-7,9-10,17H,8,11-14,21H2,1H3. The lowest BCUT2D eigenvalue weighted by molar-refractivity contribution is -0.130. The Morgan fingerprint density at radius 2 is 1.96 bits per heavy atom. The minimum Gasteiger partial charge on any atom is -0.497 e. The number of ether oxygens (including phenoxy) is 1. The van der Waals surface area contributed by atoms with Crippen molar-refractivity contribution in [2.24, 2.45) is 0 Å². The number of carbonyl (C=O) groups is 1. The second-order valence-corrected chi connectivity index (χ2v) is 6.30. The predicted octanol–water partition coefficient (Wildman–Crippen LogP) is 3.23. The monoisotopic (exact) mass is 324 g/mol. The molecule has 1 aliphatic heterocycles. The van der Waals surface area contributed by atoms with Gasteiger partial charge in [0.1, 0.15) is 5.75 Å². The van der Waals surface area contributed by atoms with Crippen LogP contribution >= 0.6 is 0 Å². The molecule has 1 unspecified atom stereocenters. The van der Waals surface area contributed by atoms with Gasteiger partial charge in [0.05, 0.1) is 7.11 Å². The van der Waals surface area contributed by atoms with Crippen molar-refractivity contribution in [1.29, 1.82) is 0 Å². The first-order chi connectivity index (χ1) is 11.7. The van der Waals surface area contributed by atoms with Crippen LogP contribution in [0.15, 0.2) is 48.5 Å². The molecule has 24 heavy (non-hydrogen) atoms. The molecular formula is C20H24N2O2. The highest BCUT2D eigenvalue weighted by molar-refractivity contribution is 5.77. The normalized spacial score (nSPS) is 17.0. The summed E-state index contributed by atoms with van der Waals surface area (Å²) in [5.41, 5.74) is 9.04. The fourth-order valence-electron chi connectivity index (χ4n) is 3.30. The first-order valence-corrected chi connectivity index (χ1v) is 8.42. The molecule has 1 atom stereocenters. The van der Waals surface area contributed by atoms with Crippen LogP contribution in [0.5, 0.6) is 5.75 Å². The number of carbonyl (C=O) groups excluding carboxylic acids is 1. The molecule has 1 aliphatic rings. The maximum Gasteiger partial charge on any atom is 0.222 e. The van der Waals surface area contributed by atoms with Gasteiger partial charge in [-0.2, -0.15) is 0 Å². The molecule has 0 aromatic heterocycles. The zero-order valence-corrected chi connectivity index (χ0v) is 14.1. The van der Waals surface area contributed by atoms with Crippen LogP contribution in [0, 0.1) is 0 Å². The van der Waals surface area contributed by atoms with Gasteiger partial charge in [0.25, 0.3) is 0 Å². The van der Waals surface area contributed by atoms with Gasteiger partial charge in [-0.05, 0) is 42.2 Å². The van der Waals surface area contributed by atoms with Crippen LogP contribution in [0.4, 0.5) is 5.69 Å². The Morgan fingerprint density at radius 1 is 1.21 bits per heavy atom. The molecule has 3 rings (SSSR count). The van der Waals surface area contributed by atoms with E-state index < -0.39 is 0 Å². The number of methoxy groups -OCH3 is 1. The summed E-state index contributed by atoms with van der Waals surface area (Å²) in [6.45, 7) is 1.63. The fraction of sp³-hybridized carbons (Fsp3) is 0.350. The Labute approximate surface area is 143 Å². The quantitative estimate of drug-likeness (QED) is 0.859. The van der Waals surface area contributed by atoms with E-state index in [9.17, 15) is 4.79 Å². The van der Waals surface area contributed by atoms with Gasteiger partial charge in [0, 0.05) is 31.1 Å². The summed E-state index contributed by atoms with van der Waals surface area (Å²) in [5.74, 6) is 1.50. The van der Waals surface area contributed by atoms with Crippen LogP contribution in [-0.4, -0.2) is 31.0 Å². The van der Waals surface area contributed by atoms with Crippen molar-refractivity contribution in [1.82, 2.24) is 4.90 Å². The topological polar surface area (TPSA) is 55.6 Å². The molecule has 1 saturated heterocycles. The van der Waals surface area contributed by atoms with Crippen LogP contribution in [0.2, 0.25) is 0 Å². The van der Waals surface area contributed by atoms with Gasteiger partial charge in [0.2, 0.25) is 5.91 Å². The van der Waals surface area contributed by atoms with Crippen LogP contribution in [0.3, 0.4) is 0 Å². The summed E-state index contributed by atoms with van der Waals surface area (Å²) < 4.78 is 5.20. The molecule has 2 N–H and O–H groups in total. The molecule has 4 nitrogen and oxygen atoms in total. The summed E-state index contributed by atoms with van der Waals surface area (Å²) in [4.78, 5) is 14.5. The number of benzene rings is 2. The zero-order chi connectivity index (χ0) is 16.9. The summed E-state index contributed by atoms with van der Waals surface area (Å²) >= 11 is 0. The molecule has 0 spiro atoms. The number of rotatable bonds is 5. The Balaban J connectivity index is 1.54. The highest BCUT2D eigenvalue weighted by Gasteiger charge is 2.27. The summed E-state index contributed by atoms with van der Waals surface area (Å²) in [6.07, 6.45) is 2.24. The highest BCUT2D eigenvalue weighted by atomic mass is 16.5. The molecule has 126 valence electrons.